The Kier molecular flexibility index (Phi) is 4.62. The lowest BCUT2D eigenvalue weighted by Crippen LogP contribution is -2.38. The number of ether oxygens (including phenoxy) is 2. The molecule has 1 aromatic carbocycles. The number of benzene rings is 1. The first-order valence-corrected chi connectivity index (χ1v) is 11.2. The lowest BCUT2D eigenvalue weighted by molar-refractivity contribution is 0.311. The van der Waals surface area contributed by atoms with Gasteiger partial charge in [-0.3, -0.25) is 0 Å². The molecular formula is C20H21FN4O4S. The molecule has 1 fully saturated rings. The monoisotopic (exact) mass is 432 g/mol. The van der Waals surface area contributed by atoms with Crippen molar-refractivity contribution in [3.63, 3.8) is 0 Å². The summed E-state index contributed by atoms with van der Waals surface area (Å²) in [7, 11) is -2.31. The van der Waals surface area contributed by atoms with Gasteiger partial charge in [0.2, 0.25) is 10.0 Å². The molecule has 2 aliphatic heterocycles. The average Bonchev–Trinajstić information content (AvgIpc) is 3.40. The van der Waals surface area contributed by atoms with Crippen LogP contribution < -0.4 is 9.47 Å². The van der Waals surface area contributed by atoms with Crippen molar-refractivity contribution in [1.29, 1.82) is 0 Å². The van der Waals surface area contributed by atoms with E-state index in [2.05, 4.69) is 10.1 Å². The fourth-order valence-corrected chi connectivity index (χ4v) is 5.83. The minimum atomic E-state index is -3.92. The third-order valence-corrected chi connectivity index (χ3v) is 7.80. The van der Waals surface area contributed by atoms with Gasteiger partial charge in [0.15, 0.2) is 5.65 Å². The van der Waals surface area contributed by atoms with E-state index in [1.54, 1.807) is 11.6 Å². The second-order valence-electron chi connectivity index (χ2n) is 7.53. The van der Waals surface area contributed by atoms with E-state index in [1.807, 2.05) is 12.3 Å². The van der Waals surface area contributed by atoms with Crippen LogP contribution in [0, 0.1) is 5.82 Å². The number of rotatable bonds is 4. The van der Waals surface area contributed by atoms with Crippen molar-refractivity contribution in [3.8, 4) is 11.5 Å². The third-order valence-electron chi connectivity index (χ3n) is 5.88. The fourth-order valence-electron chi connectivity index (χ4n) is 4.26. The molecule has 2 aliphatic rings. The molecule has 0 unspecified atom stereocenters. The second kappa shape index (κ2) is 7.21. The van der Waals surface area contributed by atoms with Crippen LogP contribution in [0.1, 0.15) is 29.9 Å². The maximum atomic E-state index is 14.5. The highest BCUT2D eigenvalue weighted by molar-refractivity contribution is 7.89. The van der Waals surface area contributed by atoms with Crippen LogP contribution in [0.4, 0.5) is 4.39 Å². The van der Waals surface area contributed by atoms with Gasteiger partial charge in [-0.15, -0.1) is 0 Å². The Balaban J connectivity index is 1.38. The van der Waals surface area contributed by atoms with Crippen molar-refractivity contribution >= 4 is 15.7 Å². The van der Waals surface area contributed by atoms with Crippen LogP contribution in [-0.4, -0.2) is 54.1 Å². The number of halogens is 1. The molecule has 0 N–H and O–H groups in total. The molecule has 30 heavy (non-hydrogen) atoms. The summed E-state index contributed by atoms with van der Waals surface area (Å²) in [5.41, 5.74) is 2.39. The summed E-state index contributed by atoms with van der Waals surface area (Å²) in [5, 5.41) is 4.17. The topological polar surface area (TPSA) is 86.0 Å². The molecule has 5 rings (SSSR count). The smallest absolute Gasteiger partial charge is 0.245 e. The summed E-state index contributed by atoms with van der Waals surface area (Å²) in [6, 6.07) is 4.42. The van der Waals surface area contributed by atoms with Crippen LogP contribution >= 0.6 is 0 Å². The summed E-state index contributed by atoms with van der Waals surface area (Å²) in [6.45, 7) is 1.05. The molecule has 0 spiro atoms. The standard InChI is InChI=1S/C20H21FN4O4S/c1-28-18-10-20-22-12-23-25(20)11-15(18)13-2-5-24(6-3-13)30(26,27)19-8-14-4-7-29-17(14)9-16(19)21/h8-13H,2-7H2,1H3. The van der Waals surface area contributed by atoms with Crippen molar-refractivity contribution in [1.82, 2.24) is 18.9 Å². The molecule has 8 nitrogen and oxygen atoms in total. The van der Waals surface area contributed by atoms with Crippen molar-refractivity contribution in [2.24, 2.45) is 0 Å². The Morgan fingerprint density at radius 1 is 1.23 bits per heavy atom. The lowest BCUT2D eigenvalue weighted by Gasteiger charge is -2.32. The van der Waals surface area contributed by atoms with E-state index < -0.39 is 15.8 Å². The quantitative estimate of drug-likeness (QED) is 0.629. The van der Waals surface area contributed by atoms with Gasteiger partial charge in [-0.25, -0.2) is 22.3 Å². The normalized spacial score (nSPS) is 17.8. The molecule has 1 saturated heterocycles. The van der Waals surface area contributed by atoms with Crippen LogP contribution in [0.15, 0.2) is 35.6 Å². The largest absolute Gasteiger partial charge is 0.496 e. The van der Waals surface area contributed by atoms with E-state index in [0.29, 0.717) is 56.1 Å². The first kappa shape index (κ1) is 19.3. The number of pyridine rings is 1. The number of hydrogen-bond donors (Lipinski definition) is 0. The van der Waals surface area contributed by atoms with Gasteiger partial charge in [0, 0.05) is 43.4 Å². The van der Waals surface area contributed by atoms with Crippen LogP contribution in [0.25, 0.3) is 5.65 Å². The summed E-state index contributed by atoms with van der Waals surface area (Å²) in [4.78, 5) is 3.89. The van der Waals surface area contributed by atoms with Crippen LogP contribution in [0.2, 0.25) is 0 Å². The van der Waals surface area contributed by atoms with E-state index >= 15 is 0 Å². The summed E-state index contributed by atoms with van der Waals surface area (Å²) < 4.78 is 54.7. The van der Waals surface area contributed by atoms with Crippen molar-refractivity contribution in [3.05, 3.63) is 47.7 Å². The van der Waals surface area contributed by atoms with Gasteiger partial charge >= 0.3 is 0 Å². The number of methoxy groups -OCH3 is 1. The third kappa shape index (κ3) is 3.10. The van der Waals surface area contributed by atoms with Gasteiger partial charge < -0.3 is 9.47 Å². The van der Waals surface area contributed by atoms with Crippen molar-refractivity contribution < 1.29 is 22.3 Å². The molecule has 0 aliphatic carbocycles. The molecule has 0 atom stereocenters. The Hall–Kier alpha value is -2.72. The molecule has 4 heterocycles. The van der Waals surface area contributed by atoms with Crippen molar-refractivity contribution in [2.45, 2.75) is 30.1 Å². The first-order valence-electron chi connectivity index (χ1n) is 9.80. The molecule has 158 valence electrons. The minimum Gasteiger partial charge on any atom is -0.496 e. The molecular weight excluding hydrogens is 411 g/mol. The summed E-state index contributed by atoms with van der Waals surface area (Å²) in [5.74, 6) is 0.483. The number of sulfonamides is 1. The highest BCUT2D eigenvalue weighted by Crippen LogP contribution is 2.37. The van der Waals surface area contributed by atoms with E-state index in [0.717, 1.165) is 11.1 Å². The van der Waals surface area contributed by atoms with Gasteiger partial charge in [-0.2, -0.15) is 9.40 Å². The van der Waals surface area contributed by atoms with Gasteiger partial charge in [-0.05, 0) is 30.4 Å². The summed E-state index contributed by atoms with van der Waals surface area (Å²) >= 11 is 0. The molecule has 2 aromatic heterocycles. The van der Waals surface area contributed by atoms with Crippen LogP contribution in [-0.2, 0) is 16.4 Å². The zero-order valence-corrected chi connectivity index (χ0v) is 17.2. The summed E-state index contributed by atoms with van der Waals surface area (Å²) in [6.07, 6.45) is 5.15. The molecule has 3 aromatic rings. The predicted octanol–water partition coefficient (Wildman–Crippen LogP) is 2.38. The lowest BCUT2D eigenvalue weighted by atomic mass is 9.91. The first-order chi connectivity index (χ1) is 14.5. The van der Waals surface area contributed by atoms with Gasteiger partial charge in [-0.1, -0.05) is 0 Å². The van der Waals surface area contributed by atoms with Gasteiger partial charge in [0.1, 0.15) is 28.5 Å². The predicted molar refractivity (Wildman–Crippen MR) is 106 cm³/mol. The van der Waals surface area contributed by atoms with E-state index in [9.17, 15) is 12.8 Å². The zero-order chi connectivity index (χ0) is 20.9. The highest BCUT2D eigenvalue weighted by atomic mass is 32.2. The van der Waals surface area contributed by atoms with E-state index in [-0.39, 0.29) is 10.8 Å². The molecule has 0 bridgehead atoms. The fraction of sp³-hybridized carbons (Fsp3) is 0.400. The van der Waals surface area contributed by atoms with Crippen molar-refractivity contribution in [2.75, 3.05) is 26.8 Å². The second-order valence-corrected chi connectivity index (χ2v) is 9.43. The zero-order valence-electron chi connectivity index (χ0n) is 16.4. The number of nitrogens with zero attached hydrogens (tertiary/aromatic N) is 4. The number of hydrogen-bond acceptors (Lipinski definition) is 6. The number of aromatic nitrogens is 3. The van der Waals surface area contributed by atoms with Gasteiger partial charge in [0.05, 0.1) is 13.7 Å². The molecule has 0 radical (unpaired) electrons. The molecule has 0 saturated carbocycles. The van der Waals surface area contributed by atoms with Gasteiger partial charge in [0.25, 0.3) is 0 Å². The molecule has 0 amide bonds. The van der Waals surface area contributed by atoms with E-state index in [1.165, 1.54) is 22.8 Å². The SMILES string of the molecule is COc1cc2ncnn2cc1C1CCN(S(=O)(=O)c2cc3c(cc2F)OCC3)CC1. The van der Waals surface area contributed by atoms with E-state index in [4.69, 9.17) is 9.47 Å². The minimum absolute atomic E-state index is 0.110. The average molecular weight is 432 g/mol. The number of fused-ring (bicyclic) bond motifs is 2. The Morgan fingerprint density at radius 2 is 2.03 bits per heavy atom. The Bertz CT molecular complexity index is 1220. The molecule has 10 heteroatoms. The maximum Gasteiger partial charge on any atom is 0.245 e. The Labute approximate surface area is 173 Å². The number of piperidine rings is 1. The highest BCUT2D eigenvalue weighted by Gasteiger charge is 2.34. The van der Waals surface area contributed by atoms with Crippen LogP contribution in [0.5, 0.6) is 11.5 Å². The Morgan fingerprint density at radius 3 is 2.80 bits per heavy atom. The maximum absolute atomic E-state index is 14.5. The van der Waals surface area contributed by atoms with Crippen LogP contribution in [0.3, 0.4) is 0 Å².